The molecule has 19 heavy (non-hydrogen) atoms. The molecule has 0 atom stereocenters. The molecule has 0 bridgehead atoms. The summed E-state index contributed by atoms with van der Waals surface area (Å²) in [7, 11) is 1.81. The first-order valence-corrected chi connectivity index (χ1v) is 6.66. The molecule has 4 heteroatoms. The third-order valence-electron chi connectivity index (χ3n) is 3.54. The number of imide groups is 1. The van der Waals surface area contributed by atoms with Gasteiger partial charge in [0.2, 0.25) is 11.8 Å². The van der Waals surface area contributed by atoms with Gasteiger partial charge < -0.3 is 5.32 Å². The zero-order chi connectivity index (χ0) is 13.8. The van der Waals surface area contributed by atoms with Crippen LogP contribution < -0.4 is 5.32 Å². The van der Waals surface area contributed by atoms with E-state index in [1.807, 2.05) is 32.2 Å². The van der Waals surface area contributed by atoms with E-state index in [0.717, 1.165) is 11.1 Å². The van der Waals surface area contributed by atoms with Crippen molar-refractivity contribution in [2.75, 3.05) is 20.1 Å². The molecule has 1 aromatic carbocycles. The summed E-state index contributed by atoms with van der Waals surface area (Å²) >= 11 is 0. The van der Waals surface area contributed by atoms with Crippen LogP contribution in [-0.2, 0) is 9.59 Å². The lowest BCUT2D eigenvalue weighted by atomic mass is 9.88. The molecule has 1 saturated heterocycles. The summed E-state index contributed by atoms with van der Waals surface area (Å²) in [4.78, 5) is 25.5. The number of carbonyl (C=O) groups is 2. The van der Waals surface area contributed by atoms with Crippen LogP contribution in [0.4, 0.5) is 0 Å². The van der Waals surface area contributed by atoms with Crippen molar-refractivity contribution in [1.82, 2.24) is 10.2 Å². The van der Waals surface area contributed by atoms with Gasteiger partial charge in [-0.25, -0.2) is 0 Å². The van der Waals surface area contributed by atoms with E-state index in [1.54, 1.807) is 0 Å². The van der Waals surface area contributed by atoms with Gasteiger partial charge in [-0.3, -0.25) is 14.5 Å². The number of hydrogen-bond acceptors (Lipinski definition) is 3. The van der Waals surface area contributed by atoms with Crippen LogP contribution in [0.2, 0.25) is 0 Å². The third-order valence-corrected chi connectivity index (χ3v) is 3.54. The quantitative estimate of drug-likeness (QED) is 0.834. The van der Waals surface area contributed by atoms with Gasteiger partial charge in [-0.05, 0) is 19.5 Å². The van der Waals surface area contributed by atoms with E-state index in [-0.39, 0.29) is 17.7 Å². The summed E-state index contributed by atoms with van der Waals surface area (Å²) < 4.78 is 0. The number of likely N-dealkylation sites (N-methyl/N-ethyl adjacent to an activating group) is 1. The van der Waals surface area contributed by atoms with Crippen LogP contribution in [-0.4, -0.2) is 36.9 Å². The van der Waals surface area contributed by atoms with Crippen molar-refractivity contribution >= 4 is 11.8 Å². The van der Waals surface area contributed by atoms with Crippen molar-refractivity contribution in [2.24, 2.45) is 0 Å². The Labute approximate surface area is 113 Å². The molecular weight excluding hydrogens is 240 g/mol. The standard InChI is InChI=1S/C15H20N2O2/c1-11-4-3-5-12(8-11)13-9-14(18)17(7-6-16-2)15(19)10-13/h3-5,8,13,16H,6-7,9-10H2,1-2H3. The number of likely N-dealkylation sites (tertiary alicyclic amines) is 1. The number of piperidine rings is 1. The summed E-state index contributed by atoms with van der Waals surface area (Å²) in [5, 5.41) is 2.96. The number of rotatable bonds is 4. The molecule has 0 unspecified atom stereocenters. The first kappa shape index (κ1) is 13.7. The average Bonchev–Trinajstić information content (AvgIpc) is 2.37. The lowest BCUT2D eigenvalue weighted by Gasteiger charge is -2.30. The second kappa shape index (κ2) is 5.97. The zero-order valence-electron chi connectivity index (χ0n) is 11.5. The van der Waals surface area contributed by atoms with Gasteiger partial charge in [-0.2, -0.15) is 0 Å². The Morgan fingerprint density at radius 2 is 1.95 bits per heavy atom. The van der Waals surface area contributed by atoms with Gasteiger partial charge >= 0.3 is 0 Å². The largest absolute Gasteiger partial charge is 0.318 e. The Kier molecular flexibility index (Phi) is 4.32. The fourth-order valence-corrected chi connectivity index (χ4v) is 2.49. The maximum absolute atomic E-state index is 12.1. The van der Waals surface area contributed by atoms with E-state index in [9.17, 15) is 9.59 Å². The van der Waals surface area contributed by atoms with Crippen molar-refractivity contribution in [3.63, 3.8) is 0 Å². The smallest absolute Gasteiger partial charge is 0.229 e. The lowest BCUT2D eigenvalue weighted by molar-refractivity contribution is -0.148. The molecule has 2 rings (SSSR count). The van der Waals surface area contributed by atoms with Crippen molar-refractivity contribution in [2.45, 2.75) is 25.7 Å². The zero-order valence-corrected chi connectivity index (χ0v) is 11.5. The Hall–Kier alpha value is -1.68. The molecule has 4 nitrogen and oxygen atoms in total. The highest BCUT2D eigenvalue weighted by Gasteiger charge is 2.32. The van der Waals surface area contributed by atoms with Crippen LogP contribution in [0, 0.1) is 6.92 Å². The van der Waals surface area contributed by atoms with Crippen molar-refractivity contribution in [3.05, 3.63) is 35.4 Å². The van der Waals surface area contributed by atoms with Gasteiger partial charge in [-0.1, -0.05) is 29.8 Å². The fourth-order valence-electron chi connectivity index (χ4n) is 2.49. The number of aryl methyl sites for hydroxylation is 1. The molecule has 1 aliphatic heterocycles. The van der Waals surface area contributed by atoms with E-state index in [4.69, 9.17) is 0 Å². The number of nitrogens with one attached hydrogen (secondary N) is 1. The highest BCUT2D eigenvalue weighted by atomic mass is 16.2. The molecule has 0 radical (unpaired) electrons. The summed E-state index contributed by atoms with van der Waals surface area (Å²) in [6, 6.07) is 8.07. The third kappa shape index (κ3) is 3.20. The average molecular weight is 260 g/mol. The van der Waals surface area contributed by atoms with Gasteiger partial charge in [0.25, 0.3) is 0 Å². The molecule has 1 aliphatic rings. The minimum Gasteiger partial charge on any atom is -0.318 e. The van der Waals surface area contributed by atoms with Crippen LogP contribution >= 0.6 is 0 Å². The maximum Gasteiger partial charge on any atom is 0.229 e. The van der Waals surface area contributed by atoms with Crippen molar-refractivity contribution < 1.29 is 9.59 Å². The SMILES string of the molecule is CNCCN1C(=O)CC(c2cccc(C)c2)CC1=O. The number of nitrogens with zero attached hydrogens (tertiary/aromatic N) is 1. The summed E-state index contributed by atoms with van der Waals surface area (Å²) in [5.74, 6) is -0.0817. The first-order valence-electron chi connectivity index (χ1n) is 6.66. The predicted molar refractivity (Wildman–Crippen MR) is 73.8 cm³/mol. The minimum atomic E-state index is -0.0574. The molecule has 102 valence electrons. The highest BCUT2D eigenvalue weighted by molar-refractivity contribution is 5.98. The number of benzene rings is 1. The Balaban J connectivity index is 2.09. The van der Waals surface area contributed by atoms with Crippen LogP contribution in [0.5, 0.6) is 0 Å². The minimum absolute atomic E-state index is 0.0331. The van der Waals surface area contributed by atoms with Crippen molar-refractivity contribution in [3.8, 4) is 0 Å². The molecule has 0 spiro atoms. The van der Waals surface area contributed by atoms with Gasteiger partial charge in [0, 0.05) is 31.8 Å². The monoisotopic (exact) mass is 260 g/mol. The van der Waals surface area contributed by atoms with Crippen LogP contribution in [0.25, 0.3) is 0 Å². The van der Waals surface area contributed by atoms with Gasteiger partial charge in [0.05, 0.1) is 0 Å². The van der Waals surface area contributed by atoms with Crippen LogP contribution in [0.1, 0.15) is 29.9 Å². The summed E-state index contributed by atoms with van der Waals surface area (Å²) in [5.41, 5.74) is 2.25. The molecule has 1 fully saturated rings. The Morgan fingerprint density at radius 1 is 1.26 bits per heavy atom. The van der Waals surface area contributed by atoms with Gasteiger partial charge in [0.1, 0.15) is 0 Å². The molecule has 1 heterocycles. The van der Waals surface area contributed by atoms with E-state index < -0.39 is 0 Å². The fraction of sp³-hybridized carbons (Fsp3) is 0.467. The molecule has 0 aromatic heterocycles. The van der Waals surface area contributed by atoms with E-state index in [0.29, 0.717) is 25.9 Å². The Morgan fingerprint density at radius 3 is 2.53 bits per heavy atom. The number of carbonyl (C=O) groups excluding carboxylic acids is 2. The number of hydrogen-bond donors (Lipinski definition) is 1. The molecule has 1 aromatic rings. The highest BCUT2D eigenvalue weighted by Crippen LogP contribution is 2.29. The van der Waals surface area contributed by atoms with E-state index in [1.165, 1.54) is 4.90 Å². The van der Waals surface area contributed by atoms with Crippen molar-refractivity contribution in [1.29, 1.82) is 0 Å². The second-order valence-electron chi connectivity index (χ2n) is 5.06. The molecule has 0 saturated carbocycles. The second-order valence-corrected chi connectivity index (χ2v) is 5.06. The number of amides is 2. The summed E-state index contributed by atoms with van der Waals surface area (Å²) in [6.45, 7) is 3.14. The topological polar surface area (TPSA) is 49.4 Å². The summed E-state index contributed by atoms with van der Waals surface area (Å²) in [6.07, 6.45) is 0.859. The van der Waals surface area contributed by atoms with Crippen LogP contribution in [0.15, 0.2) is 24.3 Å². The molecule has 0 aliphatic carbocycles. The normalized spacial score (nSPS) is 17.1. The Bertz CT molecular complexity index is 467. The maximum atomic E-state index is 12.1. The lowest BCUT2D eigenvalue weighted by Crippen LogP contribution is -2.45. The van der Waals surface area contributed by atoms with E-state index in [2.05, 4.69) is 11.4 Å². The van der Waals surface area contributed by atoms with E-state index >= 15 is 0 Å². The molecule has 1 N–H and O–H groups in total. The molecular formula is C15H20N2O2. The van der Waals surface area contributed by atoms with Crippen LogP contribution in [0.3, 0.4) is 0 Å². The first-order chi connectivity index (χ1) is 9.11. The van der Waals surface area contributed by atoms with Gasteiger partial charge in [-0.15, -0.1) is 0 Å². The molecule has 2 amide bonds. The van der Waals surface area contributed by atoms with Gasteiger partial charge in [0.15, 0.2) is 0 Å². The predicted octanol–water partition coefficient (Wildman–Crippen LogP) is 1.45.